The van der Waals surface area contributed by atoms with Crippen LogP contribution in [-0.2, 0) is 0 Å². The third-order valence-corrected chi connectivity index (χ3v) is 11.3. The molecule has 3 aliphatic rings. The van der Waals surface area contributed by atoms with Crippen LogP contribution in [0.15, 0.2) is 34.0 Å². The molecule has 3 heterocycles. The van der Waals surface area contributed by atoms with E-state index in [1.54, 1.807) is 17.4 Å². The Morgan fingerprint density at radius 3 is 2.57 bits per heavy atom. The number of thioether (sulfide) groups is 1. The van der Waals surface area contributed by atoms with Gasteiger partial charge in [0.05, 0.1) is 4.70 Å². The molecule has 198 valence electrons. The summed E-state index contributed by atoms with van der Waals surface area (Å²) in [5, 5.41) is 5.36. The summed E-state index contributed by atoms with van der Waals surface area (Å²) in [7, 11) is 0. The van der Waals surface area contributed by atoms with E-state index in [1.807, 2.05) is 4.57 Å². The van der Waals surface area contributed by atoms with E-state index in [2.05, 4.69) is 60.9 Å². The summed E-state index contributed by atoms with van der Waals surface area (Å²) < 4.78 is 2.80. The highest BCUT2D eigenvalue weighted by atomic mass is 35.5. The van der Waals surface area contributed by atoms with Gasteiger partial charge in [-0.3, -0.25) is 9.36 Å². The van der Waals surface area contributed by atoms with E-state index in [4.69, 9.17) is 16.6 Å². The van der Waals surface area contributed by atoms with E-state index in [0.29, 0.717) is 11.5 Å². The number of nitrogens with zero attached hydrogens (tertiary/aromatic N) is 3. The largest absolute Gasteiger partial charge is 0.331 e. The lowest BCUT2D eigenvalue weighted by atomic mass is 9.63. The molecule has 37 heavy (non-hydrogen) atoms. The van der Waals surface area contributed by atoms with Crippen LogP contribution in [0.5, 0.6) is 0 Å². The van der Waals surface area contributed by atoms with Gasteiger partial charge in [0.15, 0.2) is 10.8 Å². The van der Waals surface area contributed by atoms with E-state index in [1.165, 1.54) is 49.2 Å². The zero-order chi connectivity index (χ0) is 25.7. The minimum Gasteiger partial charge on any atom is -0.331 e. The molecule has 0 unspecified atom stereocenters. The fourth-order valence-corrected chi connectivity index (χ4v) is 9.43. The molecule has 1 spiro atoms. The van der Waals surface area contributed by atoms with Crippen molar-refractivity contribution < 1.29 is 0 Å². The van der Waals surface area contributed by atoms with Gasteiger partial charge in [0.25, 0.3) is 5.56 Å². The lowest BCUT2D eigenvalue weighted by molar-refractivity contribution is 0.0267. The second-order valence-corrected chi connectivity index (χ2v) is 14.5. The molecule has 1 saturated heterocycles. The van der Waals surface area contributed by atoms with Gasteiger partial charge in [0, 0.05) is 27.9 Å². The van der Waals surface area contributed by atoms with Crippen LogP contribution >= 0.6 is 34.7 Å². The van der Waals surface area contributed by atoms with Crippen LogP contribution < -0.4 is 10.9 Å². The Balaban J connectivity index is 1.12. The number of rotatable bonds is 6. The fraction of sp³-hybridized carbons (Fsp3) is 0.586. The second kappa shape index (κ2) is 10.2. The van der Waals surface area contributed by atoms with Gasteiger partial charge in [-0.1, -0.05) is 35.8 Å². The number of hydrogen-bond donors (Lipinski definition) is 1. The number of fused-ring (bicyclic) bond motifs is 1. The topological polar surface area (TPSA) is 50.2 Å². The number of pyridine rings is 1. The van der Waals surface area contributed by atoms with Gasteiger partial charge in [-0.25, -0.2) is 4.98 Å². The van der Waals surface area contributed by atoms with Gasteiger partial charge in [-0.15, -0.1) is 11.8 Å². The van der Waals surface area contributed by atoms with Crippen molar-refractivity contribution >= 4 is 55.9 Å². The highest BCUT2D eigenvalue weighted by Gasteiger charge is 2.46. The Morgan fingerprint density at radius 2 is 1.89 bits per heavy atom. The first-order valence-electron chi connectivity index (χ1n) is 13.8. The number of hydrogen-bond acceptors (Lipinski definition) is 6. The molecule has 6 rings (SSSR count). The van der Waals surface area contributed by atoms with Gasteiger partial charge < -0.3 is 10.2 Å². The Hall–Kier alpha value is -1.54. The SMILES string of the molecule is Cc1cc(SC2CC3(CCN(C(C)C)CC3)C2)ccc1Nc1nc2c(cc(Cl)c(=O)n2C2CCCC2)s1. The van der Waals surface area contributed by atoms with Crippen molar-refractivity contribution in [3.8, 4) is 0 Å². The molecule has 0 radical (unpaired) electrons. The number of aryl methyl sites for hydroxylation is 1. The minimum atomic E-state index is -0.112. The van der Waals surface area contributed by atoms with Crippen LogP contribution in [0.1, 0.15) is 76.8 Å². The standard InChI is InChI=1S/C29H37ClN4OS2/c1-18(2)33-12-10-29(11-13-33)16-22(17-29)36-21-8-9-24(19(3)14-21)31-28-32-26-25(37-28)15-23(30)27(35)34(26)20-6-4-5-7-20/h8-9,14-15,18,20,22H,4-7,10-13,16-17H2,1-3H3,(H,31,32). The average molecular weight is 557 g/mol. The molecular weight excluding hydrogens is 520 g/mol. The fourth-order valence-electron chi connectivity index (χ4n) is 6.60. The Labute approximate surface area is 233 Å². The van der Waals surface area contributed by atoms with Crippen LogP contribution in [0.2, 0.25) is 5.02 Å². The summed E-state index contributed by atoms with van der Waals surface area (Å²) in [5.74, 6) is 0. The Morgan fingerprint density at radius 1 is 1.16 bits per heavy atom. The van der Waals surface area contributed by atoms with E-state index < -0.39 is 0 Å². The molecule has 1 N–H and O–H groups in total. The zero-order valence-corrected chi connectivity index (χ0v) is 24.4. The summed E-state index contributed by atoms with van der Waals surface area (Å²) in [4.78, 5) is 21.7. The van der Waals surface area contributed by atoms with Crippen LogP contribution in [-0.4, -0.2) is 38.8 Å². The summed E-state index contributed by atoms with van der Waals surface area (Å²) >= 11 is 9.94. The van der Waals surface area contributed by atoms with Gasteiger partial charge in [-0.2, -0.15) is 0 Å². The monoisotopic (exact) mass is 556 g/mol. The van der Waals surface area contributed by atoms with Crippen LogP contribution in [0, 0.1) is 12.3 Å². The van der Waals surface area contributed by atoms with Crippen molar-refractivity contribution in [2.45, 2.75) is 94.4 Å². The van der Waals surface area contributed by atoms with Crippen molar-refractivity contribution in [2.75, 3.05) is 18.4 Å². The molecule has 2 aromatic heterocycles. The maximum atomic E-state index is 12.9. The van der Waals surface area contributed by atoms with E-state index in [-0.39, 0.29) is 16.6 Å². The van der Waals surface area contributed by atoms with Gasteiger partial charge >= 0.3 is 0 Å². The highest BCUT2D eigenvalue weighted by molar-refractivity contribution is 8.00. The average Bonchev–Trinajstić information content (AvgIpc) is 3.51. The first-order valence-corrected chi connectivity index (χ1v) is 15.9. The van der Waals surface area contributed by atoms with Gasteiger partial charge in [0.1, 0.15) is 5.02 Å². The van der Waals surface area contributed by atoms with Gasteiger partial charge in [-0.05, 0) is 108 Å². The smallest absolute Gasteiger partial charge is 0.271 e. The number of aromatic nitrogens is 2. The molecule has 0 amide bonds. The summed E-state index contributed by atoms with van der Waals surface area (Å²) in [5.41, 5.74) is 3.54. The van der Waals surface area contributed by atoms with E-state index in [0.717, 1.165) is 52.1 Å². The Kier molecular flexibility index (Phi) is 7.10. The normalized spacial score (nSPS) is 20.8. The molecule has 1 aliphatic heterocycles. The number of benzene rings is 1. The number of likely N-dealkylation sites (tertiary alicyclic amines) is 1. The summed E-state index contributed by atoms with van der Waals surface area (Å²) in [6, 6.07) is 9.38. The van der Waals surface area contributed by atoms with Crippen molar-refractivity contribution in [3.05, 3.63) is 45.2 Å². The van der Waals surface area contributed by atoms with Crippen LogP contribution in [0.25, 0.3) is 10.3 Å². The molecule has 0 atom stereocenters. The predicted octanol–water partition coefficient (Wildman–Crippen LogP) is 8.02. The number of thiazole rings is 1. The van der Waals surface area contributed by atoms with Crippen molar-refractivity contribution in [3.63, 3.8) is 0 Å². The summed E-state index contributed by atoms with van der Waals surface area (Å²) in [6.45, 7) is 9.33. The van der Waals surface area contributed by atoms with Crippen LogP contribution in [0.4, 0.5) is 10.8 Å². The number of halogens is 1. The quantitative estimate of drug-likeness (QED) is 0.333. The lowest BCUT2D eigenvalue weighted by Gasteiger charge is -2.52. The molecular formula is C29H37ClN4OS2. The molecule has 2 aliphatic carbocycles. The lowest BCUT2D eigenvalue weighted by Crippen LogP contribution is -2.49. The molecule has 1 aromatic carbocycles. The van der Waals surface area contributed by atoms with Gasteiger partial charge in [0.2, 0.25) is 0 Å². The zero-order valence-electron chi connectivity index (χ0n) is 22.1. The second-order valence-electron chi connectivity index (χ2n) is 11.7. The van der Waals surface area contributed by atoms with E-state index >= 15 is 0 Å². The van der Waals surface area contributed by atoms with Crippen LogP contribution in [0.3, 0.4) is 0 Å². The first kappa shape index (κ1) is 25.7. The molecule has 5 nitrogen and oxygen atoms in total. The summed E-state index contributed by atoms with van der Waals surface area (Å²) in [6.07, 6.45) is 9.81. The van der Waals surface area contributed by atoms with E-state index in [9.17, 15) is 4.79 Å². The molecule has 8 heteroatoms. The number of piperidine rings is 1. The Bertz CT molecular complexity index is 1340. The predicted molar refractivity (Wildman–Crippen MR) is 158 cm³/mol. The first-order chi connectivity index (χ1) is 17.8. The minimum absolute atomic E-state index is 0.112. The third kappa shape index (κ3) is 5.09. The van der Waals surface area contributed by atoms with Crippen molar-refractivity contribution in [1.82, 2.24) is 14.5 Å². The molecule has 3 aromatic rings. The molecule has 3 fully saturated rings. The molecule has 2 saturated carbocycles. The maximum Gasteiger partial charge on any atom is 0.271 e. The highest BCUT2D eigenvalue weighted by Crippen LogP contribution is 2.55. The number of nitrogens with one attached hydrogen (secondary N) is 1. The maximum absolute atomic E-state index is 12.9. The third-order valence-electron chi connectivity index (χ3n) is 8.89. The van der Waals surface area contributed by atoms with Crippen molar-refractivity contribution in [1.29, 1.82) is 0 Å². The molecule has 0 bridgehead atoms. The number of anilines is 2. The van der Waals surface area contributed by atoms with Crippen molar-refractivity contribution in [2.24, 2.45) is 5.41 Å².